The molecule has 33 heavy (non-hydrogen) atoms. The van der Waals surface area contributed by atoms with Crippen LogP contribution in [0.3, 0.4) is 0 Å². The summed E-state index contributed by atoms with van der Waals surface area (Å²) in [4.78, 5) is 9.63. The Bertz CT molecular complexity index is 451. The van der Waals surface area contributed by atoms with E-state index in [-0.39, 0.29) is 37.3 Å². The van der Waals surface area contributed by atoms with Gasteiger partial charge in [-0.3, -0.25) is 9.80 Å². The fourth-order valence-electron chi connectivity index (χ4n) is 4.64. The second-order valence-corrected chi connectivity index (χ2v) is 11.4. The van der Waals surface area contributed by atoms with E-state index in [1.165, 1.54) is 0 Å². The minimum Gasteiger partial charge on any atom is -0.396 e. The molecule has 1 saturated heterocycles. The van der Waals surface area contributed by atoms with E-state index in [9.17, 15) is 20.4 Å². The second kappa shape index (κ2) is 16.4. The summed E-state index contributed by atoms with van der Waals surface area (Å²) in [6, 6.07) is 0. The van der Waals surface area contributed by atoms with Gasteiger partial charge < -0.3 is 30.2 Å². The molecule has 0 aliphatic carbocycles. The van der Waals surface area contributed by atoms with Gasteiger partial charge in [0.25, 0.3) is 0 Å². The highest BCUT2D eigenvalue weighted by Gasteiger charge is 2.23. The summed E-state index contributed by atoms with van der Waals surface area (Å²) in [6.45, 7) is 19.9. The number of β-amino-alcohol motifs (C(OH)–C–C–N with tert-alkyl or cyclic N) is 2. The highest BCUT2D eigenvalue weighted by molar-refractivity contribution is 4.77. The molecule has 4 N–H and O–H groups in total. The first-order valence-electron chi connectivity index (χ1n) is 13.0. The zero-order valence-corrected chi connectivity index (χ0v) is 22.0. The van der Waals surface area contributed by atoms with Crippen LogP contribution in [0.25, 0.3) is 0 Å². The quantitative estimate of drug-likeness (QED) is 0.362. The zero-order valence-electron chi connectivity index (χ0n) is 22.0. The van der Waals surface area contributed by atoms with E-state index in [1.54, 1.807) is 0 Å². The molecule has 1 aliphatic heterocycles. The number of aliphatic hydroxyl groups is 4. The van der Waals surface area contributed by atoms with Crippen LogP contribution in [-0.4, -0.2) is 145 Å². The molecule has 1 aliphatic rings. The standard InChI is InChI=1S/C25H54N4O4/c1-24(2,22-32)20-28-10-5-8-26(16-18-30)14-15-27(17-19-31)9-6-11-29(13-7-12-28)21-25(3,4)23-33/h30-33H,5-23H2,1-4H3. The van der Waals surface area contributed by atoms with Gasteiger partial charge in [-0.1, -0.05) is 27.7 Å². The summed E-state index contributed by atoms with van der Waals surface area (Å²) in [6.07, 6.45) is 3.12. The van der Waals surface area contributed by atoms with Gasteiger partial charge in [0.15, 0.2) is 0 Å². The van der Waals surface area contributed by atoms with Gasteiger partial charge in [0.1, 0.15) is 0 Å². The Morgan fingerprint density at radius 3 is 1.06 bits per heavy atom. The molecule has 0 unspecified atom stereocenters. The third-order valence-corrected chi connectivity index (χ3v) is 6.57. The van der Waals surface area contributed by atoms with Crippen molar-refractivity contribution >= 4 is 0 Å². The van der Waals surface area contributed by atoms with E-state index in [1.807, 2.05) is 0 Å². The fourth-order valence-corrected chi connectivity index (χ4v) is 4.64. The molecule has 0 amide bonds. The first-order valence-corrected chi connectivity index (χ1v) is 13.0. The molecule has 1 heterocycles. The summed E-state index contributed by atoms with van der Waals surface area (Å²) in [7, 11) is 0. The second-order valence-electron chi connectivity index (χ2n) is 11.4. The van der Waals surface area contributed by atoms with Crippen LogP contribution in [0.1, 0.15) is 47.0 Å². The third-order valence-electron chi connectivity index (χ3n) is 6.57. The molecule has 0 atom stereocenters. The predicted octanol–water partition coefficient (Wildman–Crippen LogP) is 0.400. The van der Waals surface area contributed by atoms with Crippen molar-refractivity contribution < 1.29 is 20.4 Å². The summed E-state index contributed by atoms with van der Waals surface area (Å²) >= 11 is 0. The fraction of sp³-hybridized carbons (Fsp3) is 1.00. The van der Waals surface area contributed by atoms with Crippen LogP contribution in [0, 0.1) is 10.8 Å². The van der Waals surface area contributed by atoms with E-state index < -0.39 is 0 Å². The van der Waals surface area contributed by atoms with Gasteiger partial charge in [0.2, 0.25) is 0 Å². The van der Waals surface area contributed by atoms with Crippen LogP contribution in [0.4, 0.5) is 0 Å². The van der Waals surface area contributed by atoms with Crippen LogP contribution in [0.15, 0.2) is 0 Å². The predicted molar refractivity (Wildman–Crippen MR) is 136 cm³/mol. The molecule has 0 saturated carbocycles. The largest absolute Gasteiger partial charge is 0.396 e. The van der Waals surface area contributed by atoms with Gasteiger partial charge in [-0.25, -0.2) is 0 Å². The van der Waals surface area contributed by atoms with E-state index in [4.69, 9.17) is 0 Å². The molecule has 0 spiro atoms. The molecule has 198 valence electrons. The Balaban J connectivity index is 2.91. The van der Waals surface area contributed by atoms with Gasteiger partial charge in [-0.2, -0.15) is 0 Å². The normalized spacial score (nSPS) is 21.1. The van der Waals surface area contributed by atoms with E-state index in [0.717, 1.165) is 84.7 Å². The van der Waals surface area contributed by atoms with Gasteiger partial charge in [0, 0.05) is 63.3 Å². The number of hydrogen-bond acceptors (Lipinski definition) is 8. The first kappa shape index (κ1) is 30.7. The molecule has 0 aromatic heterocycles. The highest BCUT2D eigenvalue weighted by Crippen LogP contribution is 2.18. The van der Waals surface area contributed by atoms with Gasteiger partial charge in [-0.15, -0.1) is 0 Å². The number of rotatable bonds is 10. The lowest BCUT2D eigenvalue weighted by atomic mass is 9.93. The molecule has 8 nitrogen and oxygen atoms in total. The van der Waals surface area contributed by atoms with Crippen LogP contribution in [-0.2, 0) is 0 Å². The van der Waals surface area contributed by atoms with Crippen LogP contribution >= 0.6 is 0 Å². The van der Waals surface area contributed by atoms with Gasteiger partial charge in [0.05, 0.1) is 13.2 Å². The lowest BCUT2D eigenvalue weighted by molar-refractivity contribution is 0.0856. The first-order chi connectivity index (χ1) is 15.6. The van der Waals surface area contributed by atoms with Crippen molar-refractivity contribution in [1.29, 1.82) is 0 Å². The maximum atomic E-state index is 9.79. The van der Waals surface area contributed by atoms with Crippen LogP contribution in [0.5, 0.6) is 0 Å². The smallest absolute Gasteiger partial charge is 0.0558 e. The molecule has 1 rings (SSSR count). The van der Waals surface area contributed by atoms with Crippen molar-refractivity contribution in [3.05, 3.63) is 0 Å². The lowest BCUT2D eigenvalue weighted by Gasteiger charge is -2.34. The van der Waals surface area contributed by atoms with Gasteiger partial charge >= 0.3 is 0 Å². The molecular weight excluding hydrogens is 420 g/mol. The summed E-state index contributed by atoms with van der Waals surface area (Å²) in [5.41, 5.74) is -0.256. The Morgan fingerprint density at radius 1 is 0.485 bits per heavy atom. The van der Waals surface area contributed by atoms with Crippen molar-refractivity contribution in [3.63, 3.8) is 0 Å². The average molecular weight is 475 g/mol. The number of nitrogens with zero attached hydrogens (tertiary/aromatic N) is 4. The minimum atomic E-state index is -0.128. The van der Waals surface area contributed by atoms with Gasteiger partial charge in [-0.05, 0) is 58.5 Å². The van der Waals surface area contributed by atoms with E-state index in [0.29, 0.717) is 13.1 Å². The number of aliphatic hydroxyl groups excluding tert-OH is 4. The summed E-state index contributed by atoms with van der Waals surface area (Å²) in [5.74, 6) is 0. The maximum absolute atomic E-state index is 9.79. The zero-order chi connectivity index (χ0) is 24.7. The van der Waals surface area contributed by atoms with Crippen LogP contribution < -0.4 is 0 Å². The highest BCUT2D eigenvalue weighted by atomic mass is 16.3. The lowest BCUT2D eigenvalue weighted by Crippen LogP contribution is -2.41. The Kier molecular flexibility index (Phi) is 15.2. The van der Waals surface area contributed by atoms with Crippen molar-refractivity contribution in [2.45, 2.75) is 47.0 Å². The van der Waals surface area contributed by atoms with Crippen LogP contribution in [0.2, 0.25) is 0 Å². The topological polar surface area (TPSA) is 93.9 Å². The summed E-state index contributed by atoms with van der Waals surface area (Å²) < 4.78 is 0. The van der Waals surface area contributed by atoms with E-state index in [2.05, 4.69) is 47.3 Å². The molecule has 0 bridgehead atoms. The SMILES string of the molecule is CC(C)(CO)CN1CCCN(CCO)CCN(CCO)CCCN(CC(C)(C)CO)CCC1. The van der Waals surface area contributed by atoms with Crippen molar-refractivity contribution in [1.82, 2.24) is 19.6 Å². The van der Waals surface area contributed by atoms with Crippen molar-refractivity contribution in [2.24, 2.45) is 10.8 Å². The Hall–Kier alpha value is -0.320. The minimum absolute atomic E-state index is 0.128. The third kappa shape index (κ3) is 14.0. The molecule has 8 heteroatoms. The van der Waals surface area contributed by atoms with Crippen molar-refractivity contribution in [2.75, 3.05) is 105 Å². The molecule has 1 fully saturated rings. The Morgan fingerprint density at radius 2 is 0.788 bits per heavy atom. The monoisotopic (exact) mass is 474 g/mol. The maximum Gasteiger partial charge on any atom is 0.0558 e. The van der Waals surface area contributed by atoms with E-state index >= 15 is 0 Å². The molecule has 0 aromatic carbocycles. The number of hydrogen-bond donors (Lipinski definition) is 4. The molecular formula is C25H54N4O4. The average Bonchev–Trinajstić information content (AvgIpc) is 2.76. The molecule has 0 radical (unpaired) electrons. The molecule has 0 aromatic rings. The van der Waals surface area contributed by atoms with Crippen molar-refractivity contribution in [3.8, 4) is 0 Å². The summed E-state index contributed by atoms with van der Waals surface area (Å²) in [5, 5.41) is 38.6. The Labute approximate surface area is 203 Å².